The van der Waals surface area contributed by atoms with Crippen molar-refractivity contribution in [1.29, 1.82) is 0 Å². The molecule has 0 radical (unpaired) electrons. The number of hydrogen-bond acceptors (Lipinski definition) is 6. The average molecular weight is 476 g/mol. The number of esters is 1. The lowest BCUT2D eigenvalue weighted by Crippen LogP contribution is -2.36. The molecule has 31 heavy (non-hydrogen) atoms. The summed E-state index contributed by atoms with van der Waals surface area (Å²) in [7, 11) is 0. The zero-order valence-corrected chi connectivity index (χ0v) is 20.1. The van der Waals surface area contributed by atoms with Gasteiger partial charge in [-0.2, -0.15) is 0 Å². The lowest BCUT2D eigenvalue weighted by atomic mass is 9.81. The summed E-state index contributed by atoms with van der Waals surface area (Å²) in [4.78, 5) is 24.9. The summed E-state index contributed by atoms with van der Waals surface area (Å²) in [6.07, 6.45) is 1.78. The second-order valence-corrected chi connectivity index (χ2v) is 9.73. The number of halogens is 2. The molecule has 3 heterocycles. The van der Waals surface area contributed by atoms with Crippen LogP contribution in [-0.4, -0.2) is 27.6 Å². The van der Waals surface area contributed by atoms with Gasteiger partial charge in [0.1, 0.15) is 15.6 Å². The van der Waals surface area contributed by atoms with Crippen LogP contribution in [0.1, 0.15) is 44.9 Å². The molecule has 4 rings (SSSR count). The van der Waals surface area contributed by atoms with E-state index in [2.05, 4.69) is 30.7 Å². The molecule has 0 amide bonds. The number of pyridine rings is 1. The van der Waals surface area contributed by atoms with Crippen LogP contribution in [0, 0.1) is 5.92 Å². The summed E-state index contributed by atoms with van der Waals surface area (Å²) >= 11 is 13.6. The van der Waals surface area contributed by atoms with Crippen molar-refractivity contribution in [3.8, 4) is 0 Å². The highest BCUT2D eigenvalue weighted by molar-refractivity contribution is 8.18. The molecule has 0 bridgehead atoms. The molecular formula is C23H23Cl2N3O2S. The molecule has 2 aliphatic heterocycles. The maximum atomic E-state index is 12.7. The number of allylic oxidation sites excluding steroid dienone is 1. The number of carbonyl (C=O) groups is 1. The summed E-state index contributed by atoms with van der Waals surface area (Å²) in [6, 6.07) is 11.3. The number of rotatable bonds is 5. The lowest BCUT2D eigenvalue weighted by Gasteiger charge is -2.36. The Morgan fingerprint density at radius 1 is 1.23 bits per heavy atom. The van der Waals surface area contributed by atoms with E-state index in [9.17, 15) is 4.79 Å². The maximum absolute atomic E-state index is 12.7. The van der Waals surface area contributed by atoms with Crippen molar-refractivity contribution in [2.75, 3.05) is 6.61 Å². The highest BCUT2D eigenvalue weighted by Gasteiger charge is 2.53. The Morgan fingerprint density at radius 2 is 1.94 bits per heavy atom. The predicted molar refractivity (Wildman–Crippen MR) is 126 cm³/mol. The van der Waals surface area contributed by atoms with Crippen LogP contribution in [0.5, 0.6) is 0 Å². The molecule has 8 heteroatoms. The SMILES string of the molecule is CCOC(=O)C1=C(C(C)C)N2C(=N[C@@](C)(c3ccc(Cl)cc3)[C@H]2c2ccc(Cl)nc2)S1. The predicted octanol–water partition coefficient (Wildman–Crippen LogP) is 6.19. The Labute approximate surface area is 196 Å². The summed E-state index contributed by atoms with van der Waals surface area (Å²) in [5.74, 6) is -0.218. The second-order valence-electron chi connectivity index (χ2n) is 7.93. The number of amidine groups is 1. The fourth-order valence-electron chi connectivity index (χ4n) is 4.16. The quantitative estimate of drug-likeness (QED) is 0.380. The number of carbonyl (C=O) groups excluding carboxylic acids is 1. The van der Waals surface area contributed by atoms with Gasteiger partial charge in [0.2, 0.25) is 0 Å². The number of thioether (sulfide) groups is 1. The summed E-state index contributed by atoms with van der Waals surface area (Å²) in [5.41, 5.74) is 2.30. The van der Waals surface area contributed by atoms with Crippen LogP contribution >= 0.6 is 35.0 Å². The molecule has 0 spiro atoms. The molecule has 0 saturated heterocycles. The minimum absolute atomic E-state index is 0.0925. The molecule has 162 valence electrons. The molecule has 1 aromatic carbocycles. The van der Waals surface area contributed by atoms with Crippen molar-refractivity contribution in [2.24, 2.45) is 10.9 Å². The lowest BCUT2D eigenvalue weighted by molar-refractivity contribution is -0.137. The molecule has 0 N–H and O–H groups in total. The van der Waals surface area contributed by atoms with Crippen molar-refractivity contribution in [3.05, 3.63) is 74.5 Å². The Kier molecular flexibility index (Phi) is 6.08. The summed E-state index contributed by atoms with van der Waals surface area (Å²) in [5, 5.41) is 1.88. The number of ether oxygens (including phenoxy) is 1. The van der Waals surface area contributed by atoms with Crippen LogP contribution in [0.4, 0.5) is 0 Å². The molecular weight excluding hydrogens is 453 g/mol. The summed E-state index contributed by atoms with van der Waals surface area (Å²) < 4.78 is 5.33. The first-order valence-corrected chi connectivity index (χ1v) is 11.7. The first kappa shape index (κ1) is 22.2. The minimum atomic E-state index is -0.608. The fourth-order valence-corrected chi connectivity index (χ4v) is 5.70. The number of benzene rings is 1. The van der Waals surface area contributed by atoms with Gasteiger partial charge in [-0.1, -0.05) is 55.2 Å². The van der Waals surface area contributed by atoms with E-state index in [1.54, 1.807) is 12.3 Å². The van der Waals surface area contributed by atoms with E-state index in [4.69, 9.17) is 32.9 Å². The third-order valence-electron chi connectivity index (χ3n) is 5.51. The van der Waals surface area contributed by atoms with Crippen LogP contribution < -0.4 is 0 Å². The largest absolute Gasteiger partial charge is 0.462 e. The first-order valence-electron chi connectivity index (χ1n) is 10.1. The van der Waals surface area contributed by atoms with E-state index in [0.29, 0.717) is 21.7 Å². The van der Waals surface area contributed by atoms with Crippen molar-refractivity contribution < 1.29 is 9.53 Å². The van der Waals surface area contributed by atoms with Crippen molar-refractivity contribution in [3.63, 3.8) is 0 Å². The van der Waals surface area contributed by atoms with Gasteiger partial charge in [0.05, 0.1) is 12.6 Å². The molecule has 5 nitrogen and oxygen atoms in total. The average Bonchev–Trinajstić information content (AvgIpc) is 3.22. The normalized spacial score (nSPS) is 22.7. The number of aliphatic imine (C=N–C) groups is 1. The van der Waals surface area contributed by atoms with Crippen LogP contribution in [0.2, 0.25) is 10.2 Å². The van der Waals surface area contributed by atoms with E-state index in [1.807, 2.05) is 37.3 Å². The fraction of sp³-hybridized carbons (Fsp3) is 0.348. The number of aromatic nitrogens is 1. The molecule has 0 aliphatic carbocycles. The van der Waals surface area contributed by atoms with Crippen LogP contribution in [0.15, 0.2) is 58.2 Å². The molecule has 2 aliphatic rings. The van der Waals surface area contributed by atoms with Crippen LogP contribution in [-0.2, 0) is 15.1 Å². The van der Waals surface area contributed by atoms with Gasteiger partial charge in [-0.25, -0.2) is 14.8 Å². The Hall–Kier alpha value is -2.02. The van der Waals surface area contributed by atoms with E-state index in [-0.39, 0.29) is 17.9 Å². The summed E-state index contributed by atoms with van der Waals surface area (Å²) in [6.45, 7) is 8.39. The standard InChI is InChI=1S/C23H23Cl2N3O2S/c1-5-30-21(29)19-18(13(2)3)28-20(14-6-11-17(25)26-12-14)23(4,27-22(28)31-19)15-7-9-16(24)10-8-15/h6-13,20H,5H2,1-4H3/t20-,23+/m1/s1. The molecule has 2 aromatic rings. The van der Waals surface area contributed by atoms with E-state index < -0.39 is 5.54 Å². The highest BCUT2D eigenvalue weighted by atomic mass is 35.5. The zero-order chi connectivity index (χ0) is 22.3. The van der Waals surface area contributed by atoms with Gasteiger partial charge in [-0.15, -0.1) is 0 Å². The molecule has 0 unspecified atom stereocenters. The van der Waals surface area contributed by atoms with Gasteiger partial charge < -0.3 is 9.64 Å². The number of nitrogens with zero attached hydrogens (tertiary/aromatic N) is 3. The monoisotopic (exact) mass is 475 g/mol. The van der Waals surface area contributed by atoms with Crippen molar-refractivity contribution in [1.82, 2.24) is 9.88 Å². The van der Waals surface area contributed by atoms with E-state index in [1.165, 1.54) is 11.8 Å². The van der Waals surface area contributed by atoms with Gasteiger partial charge in [-0.3, -0.25) is 0 Å². The van der Waals surface area contributed by atoms with Crippen molar-refractivity contribution in [2.45, 2.75) is 39.3 Å². The third-order valence-corrected chi connectivity index (χ3v) is 7.04. The van der Waals surface area contributed by atoms with Gasteiger partial charge in [0.15, 0.2) is 5.17 Å². The third kappa shape index (κ3) is 3.86. The van der Waals surface area contributed by atoms with Gasteiger partial charge in [0, 0.05) is 16.9 Å². The Morgan fingerprint density at radius 3 is 2.52 bits per heavy atom. The van der Waals surface area contributed by atoms with Gasteiger partial charge in [-0.05, 0) is 60.9 Å². The van der Waals surface area contributed by atoms with Gasteiger partial charge in [0.25, 0.3) is 0 Å². The maximum Gasteiger partial charge on any atom is 0.346 e. The van der Waals surface area contributed by atoms with Gasteiger partial charge >= 0.3 is 5.97 Å². The molecule has 0 fully saturated rings. The minimum Gasteiger partial charge on any atom is -0.462 e. The smallest absolute Gasteiger partial charge is 0.346 e. The van der Waals surface area contributed by atoms with Crippen LogP contribution in [0.25, 0.3) is 0 Å². The molecule has 1 aromatic heterocycles. The highest BCUT2D eigenvalue weighted by Crippen LogP contribution is 2.56. The Bertz CT molecular complexity index is 1070. The molecule has 2 atom stereocenters. The van der Waals surface area contributed by atoms with Crippen molar-refractivity contribution >= 4 is 46.1 Å². The number of hydrogen-bond donors (Lipinski definition) is 0. The van der Waals surface area contributed by atoms with Crippen LogP contribution in [0.3, 0.4) is 0 Å². The van der Waals surface area contributed by atoms with E-state index >= 15 is 0 Å². The molecule has 0 saturated carbocycles. The second kappa shape index (κ2) is 8.49. The van der Waals surface area contributed by atoms with E-state index in [0.717, 1.165) is 22.0 Å². The Balaban J connectivity index is 1.89. The number of fused-ring (bicyclic) bond motifs is 1. The first-order chi connectivity index (χ1) is 14.8. The zero-order valence-electron chi connectivity index (χ0n) is 17.7. The topological polar surface area (TPSA) is 54.8 Å².